The predicted molar refractivity (Wildman–Crippen MR) is 99.3 cm³/mol. The molecule has 1 unspecified atom stereocenters. The molecule has 1 aliphatic rings. The van der Waals surface area contributed by atoms with Crippen molar-refractivity contribution < 1.29 is 9.90 Å². The van der Waals surface area contributed by atoms with E-state index in [9.17, 15) is 20.4 Å². The first kappa shape index (κ1) is 18.2. The van der Waals surface area contributed by atoms with E-state index in [1.165, 1.54) is 12.1 Å². The molecule has 0 bridgehead atoms. The lowest BCUT2D eigenvalue weighted by Gasteiger charge is -2.20. The number of carbonyl (C=O) groups excluding carboxylic acids is 1. The van der Waals surface area contributed by atoms with Crippen LogP contribution in [-0.4, -0.2) is 34.0 Å². The van der Waals surface area contributed by atoms with Crippen molar-refractivity contribution in [3.8, 4) is 29.0 Å². The molecule has 1 aromatic heterocycles. The Kier molecular flexibility index (Phi) is 4.96. The average Bonchev–Trinajstić information content (AvgIpc) is 2.97. The van der Waals surface area contributed by atoms with Crippen molar-refractivity contribution in [3.05, 3.63) is 41.1 Å². The number of hydrogen-bond acceptors (Lipinski definition) is 6. The highest BCUT2D eigenvalue weighted by molar-refractivity contribution is 5.82. The van der Waals surface area contributed by atoms with Crippen molar-refractivity contribution >= 4 is 11.7 Å². The first-order chi connectivity index (χ1) is 13.0. The molecule has 1 amide bonds. The van der Waals surface area contributed by atoms with Crippen LogP contribution in [0.25, 0.3) is 11.1 Å². The number of nitrogen functional groups attached to an aromatic ring is 1. The number of phenols is 1. The van der Waals surface area contributed by atoms with Gasteiger partial charge in [0.1, 0.15) is 29.3 Å². The van der Waals surface area contributed by atoms with Gasteiger partial charge in [-0.25, -0.2) is 4.98 Å². The summed E-state index contributed by atoms with van der Waals surface area (Å²) in [6.07, 6.45) is 2.44. The standard InChI is InChI=1S/C20H19N5O2/c1-25-13(6-8-18(25)27)5-7-17-15(10-21)19(16(11-22)20(23)24-17)12-3-2-4-14(26)9-12/h2-4,9,13,26H,5-8H2,1H3,(H2,23,24). The Morgan fingerprint density at radius 3 is 2.67 bits per heavy atom. The van der Waals surface area contributed by atoms with Crippen molar-refractivity contribution in [1.82, 2.24) is 9.88 Å². The zero-order valence-corrected chi connectivity index (χ0v) is 14.9. The minimum Gasteiger partial charge on any atom is -0.508 e. The third kappa shape index (κ3) is 3.40. The molecule has 1 aliphatic heterocycles. The van der Waals surface area contributed by atoms with Gasteiger partial charge in [0, 0.05) is 25.1 Å². The van der Waals surface area contributed by atoms with Gasteiger partial charge < -0.3 is 15.7 Å². The van der Waals surface area contributed by atoms with Gasteiger partial charge in [0.15, 0.2) is 0 Å². The highest BCUT2D eigenvalue weighted by atomic mass is 16.3. The first-order valence-corrected chi connectivity index (χ1v) is 8.63. The SMILES string of the molecule is CN1C(=O)CCC1CCc1nc(N)c(C#N)c(-c2cccc(O)c2)c1C#N. The number of nitrogens with two attached hydrogens (primary N) is 1. The summed E-state index contributed by atoms with van der Waals surface area (Å²) in [7, 11) is 1.78. The molecule has 1 atom stereocenters. The third-order valence-electron chi connectivity index (χ3n) is 5.01. The van der Waals surface area contributed by atoms with Crippen LogP contribution in [0.3, 0.4) is 0 Å². The molecule has 136 valence electrons. The summed E-state index contributed by atoms with van der Waals surface area (Å²) in [6.45, 7) is 0. The topological polar surface area (TPSA) is 127 Å². The fourth-order valence-electron chi connectivity index (χ4n) is 3.52. The summed E-state index contributed by atoms with van der Waals surface area (Å²) < 4.78 is 0. The summed E-state index contributed by atoms with van der Waals surface area (Å²) >= 11 is 0. The van der Waals surface area contributed by atoms with Crippen molar-refractivity contribution in [2.45, 2.75) is 31.7 Å². The Balaban J connectivity index is 2.04. The number of likely N-dealkylation sites (tertiary alicyclic amines) is 1. The molecule has 0 saturated carbocycles. The van der Waals surface area contributed by atoms with Crippen molar-refractivity contribution in [2.75, 3.05) is 12.8 Å². The number of rotatable bonds is 4. The van der Waals surface area contributed by atoms with E-state index < -0.39 is 0 Å². The van der Waals surface area contributed by atoms with Crippen LogP contribution in [0.1, 0.15) is 36.1 Å². The van der Waals surface area contributed by atoms with Crippen molar-refractivity contribution in [3.63, 3.8) is 0 Å². The maximum absolute atomic E-state index is 11.7. The zero-order chi connectivity index (χ0) is 19.6. The molecule has 1 saturated heterocycles. The summed E-state index contributed by atoms with van der Waals surface area (Å²) in [5, 5.41) is 29.1. The van der Waals surface area contributed by atoms with Crippen LogP contribution in [-0.2, 0) is 11.2 Å². The molecule has 0 spiro atoms. The Bertz CT molecular complexity index is 987. The third-order valence-corrected chi connectivity index (χ3v) is 5.01. The highest BCUT2D eigenvalue weighted by Gasteiger charge is 2.28. The summed E-state index contributed by atoms with van der Waals surface area (Å²) in [4.78, 5) is 17.7. The van der Waals surface area contributed by atoms with Crippen LogP contribution in [0.4, 0.5) is 5.82 Å². The second kappa shape index (κ2) is 7.35. The Morgan fingerprint density at radius 1 is 1.33 bits per heavy atom. The number of carbonyl (C=O) groups is 1. The van der Waals surface area contributed by atoms with Crippen molar-refractivity contribution in [1.29, 1.82) is 10.5 Å². The minimum absolute atomic E-state index is 0.0308. The number of amides is 1. The summed E-state index contributed by atoms with van der Waals surface area (Å²) in [5.41, 5.74) is 7.81. The fourth-order valence-corrected chi connectivity index (χ4v) is 3.52. The fraction of sp³-hybridized carbons (Fsp3) is 0.300. The molecule has 27 heavy (non-hydrogen) atoms. The number of benzene rings is 1. The van der Waals surface area contributed by atoms with Gasteiger partial charge in [-0.15, -0.1) is 0 Å². The Hall–Kier alpha value is -3.58. The van der Waals surface area contributed by atoms with Crippen LogP contribution in [0.2, 0.25) is 0 Å². The molecule has 7 heteroatoms. The molecule has 2 heterocycles. The quantitative estimate of drug-likeness (QED) is 0.860. The van der Waals surface area contributed by atoms with Crippen LogP contribution in [0.15, 0.2) is 24.3 Å². The number of nitriles is 2. The van der Waals surface area contributed by atoms with E-state index >= 15 is 0 Å². The van der Waals surface area contributed by atoms with Crippen LogP contribution >= 0.6 is 0 Å². The van der Waals surface area contributed by atoms with E-state index in [0.29, 0.717) is 36.1 Å². The zero-order valence-electron chi connectivity index (χ0n) is 14.9. The molecule has 1 fully saturated rings. The second-order valence-electron chi connectivity index (χ2n) is 6.58. The van der Waals surface area contributed by atoms with E-state index in [1.54, 1.807) is 24.1 Å². The van der Waals surface area contributed by atoms with Gasteiger partial charge in [0.05, 0.1) is 11.3 Å². The van der Waals surface area contributed by atoms with E-state index in [2.05, 4.69) is 11.1 Å². The van der Waals surface area contributed by atoms with Crippen molar-refractivity contribution in [2.24, 2.45) is 0 Å². The smallest absolute Gasteiger partial charge is 0.222 e. The second-order valence-corrected chi connectivity index (χ2v) is 6.58. The first-order valence-electron chi connectivity index (χ1n) is 8.63. The number of hydrogen-bond donors (Lipinski definition) is 2. The summed E-state index contributed by atoms with van der Waals surface area (Å²) in [5.74, 6) is 0.206. The van der Waals surface area contributed by atoms with Crippen LogP contribution in [0, 0.1) is 22.7 Å². The van der Waals surface area contributed by atoms with Gasteiger partial charge in [-0.05, 0) is 37.0 Å². The Labute approximate surface area is 157 Å². The van der Waals surface area contributed by atoms with E-state index in [-0.39, 0.29) is 34.6 Å². The van der Waals surface area contributed by atoms with E-state index in [4.69, 9.17) is 5.73 Å². The summed E-state index contributed by atoms with van der Waals surface area (Å²) in [6, 6.07) is 10.6. The average molecular weight is 361 g/mol. The lowest BCUT2D eigenvalue weighted by atomic mass is 9.92. The minimum atomic E-state index is 0.0308. The van der Waals surface area contributed by atoms with Gasteiger partial charge in [0.25, 0.3) is 0 Å². The number of nitrogens with zero attached hydrogens (tertiary/aromatic N) is 4. The maximum Gasteiger partial charge on any atom is 0.222 e. The number of aryl methyl sites for hydroxylation is 1. The normalized spacial score (nSPS) is 16.2. The van der Waals surface area contributed by atoms with E-state index in [0.717, 1.165) is 6.42 Å². The van der Waals surface area contributed by atoms with Gasteiger partial charge in [-0.1, -0.05) is 12.1 Å². The highest BCUT2D eigenvalue weighted by Crippen LogP contribution is 2.34. The molecule has 3 rings (SSSR count). The lowest BCUT2D eigenvalue weighted by molar-refractivity contribution is -0.127. The molecule has 7 nitrogen and oxygen atoms in total. The number of aromatic hydroxyl groups is 1. The van der Waals surface area contributed by atoms with Gasteiger partial charge in [-0.2, -0.15) is 10.5 Å². The lowest BCUT2D eigenvalue weighted by Crippen LogP contribution is -2.29. The number of pyridine rings is 1. The number of phenolic OH excluding ortho intramolecular Hbond substituents is 1. The maximum atomic E-state index is 11.7. The predicted octanol–water partition coefficient (Wildman–Crippen LogP) is 2.33. The molecule has 1 aromatic carbocycles. The molecule has 0 radical (unpaired) electrons. The van der Waals surface area contributed by atoms with Crippen LogP contribution < -0.4 is 5.73 Å². The molecule has 0 aliphatic carbocycles. The monoisotopic (exact) mass is 361 g/mol. The molecule has 3 N–H and O–H groups in total. The number of anilines is 1. The molecular weight excluding hydrogens is 342 g/mol. The largest absolute Gasteiger partial charge is 0.508 e. The van der Waals surface area contributed by atoms with Gasteiger partial charge in [-0.3, -0.25) is 4.79 Å². The Morgan fingerprint density at radius 2 is 2.07 bits per heavy atom. The van der Waals surface area contributed by atoms with E-state index in [1.807, 2.05) is 6.07 Å². The van der Waals surface area contributed by atoms with Gasteiger partial charge >= 0.3 is 0 Å². The molecular formula is C20H19N5O2. The van der Waals surface area contributed by atoms with Gasteiger partial charge in [0.2, 0.25) is 5.91 Å². The number of aromatic nitrogens is 1. The van der Waals surface area contributed by atoms with Crippen LogP contribution in [0.5, 0.6) is 5.75 Å². The molecule has 2 aromatic rings.